The van der Waals surface area contributed by atoms with Gasteiger partial charge in [0.15, 0.2) is 0 Å². The van der Waals surface area contributed by atoms with Crippen molar-refractivity contribution in [3.63, 3.8) is 0 Å². The summed E-state index contributed by atoms with van der Waals surface area (Å²) in [5.74, 6) is 0.109. The molecule has 2 aliphatic heterocycles. The van der Waals surface area contributed by atoms with E-state index in [2.05, 4.69) is 6.58 Å². The minimum atomic E-state index is -0.00120. The van der Waals surface area contributed by atoms with E-state index in [1.54, 1.807) is 35.1 Å². The molecule has 0 unspecified atom stereocenters. The molecule has 0 fully saturated rings. The quantitative estimate of drug-likeness (QED) is 0.784. The largest absolute Gasteiger partial charge is 0.337 e. The summed E-state index contributed by atoms with van der Waals surface area (Å²) in [6, 6.07) is 11.1. The molecule has 0 aliphatic carbocycles. The van der Waals surface area contributed by atoms with Gasteiger partial charge in [-0.1, -0.05) is 36.9 Å². The van der Waals surface area contributed by atoms with Crippen LogP contribution in [-0.2, 0) is 13.1 Å². The molecule has 5 nitrogen and oxygen atoms in total. The Morgan fingerprint density at radius 3 is 1.77 bits per heavy atom. The topological polar surface area (TPSA) is 57.7 Å². The van der Waals surface area contributed by atoms with Crippen molar-refractivity contribution in [2.75, 3.05) is 14.1 Å². The second-order valence-corrected chi connectivity index (χ2v) is 6.48. The van der Waals surface area contributed by atoms with E-state index in [4.69, 9.17) is 0 Å². The lowest BCUT2D eigenvalue weighted by Gasteiger charge is -2.04. The molecule has 0 spiro atoms. The van der Waals surface area contributed by atoms with Gasteiger partial charge in [-0.15, -0.1) is 0 Å². The SMILES string of the molecule is C=Cc1ccc2c(c1)C(=O)N(C)C2.CN1Cc2ccc(C=O)cc2C1=O. The van der Waals surface area contributed by atoms with E-state index >= 15 is 0 Å². The molecule has 0 N–H and O–H groups in total. The Labute approximate surface area is 152 Å². The van der Waals surface area contributed by atoms with Crippen LogP contribution in [0.4, 0.5) is 0 Å². The first-order chi connectivity index (χ1) is 12.4. The Hall–Kier alpha value is -3.21. The van der Waals surface area contributed by atoms with Gasteiger partial charge in [-0.2, -0.15) is 0 Å². The van der Waals surface area contributed by atoms with Gasteiger partial charge in [0.2, 0.25) is 0 Å². The molecule has 4 rings (SSSR count). The van der Waals surface area contributed by atoms with Crippen LogP contribution in [0.3, 0.4) is 0 Å². The Morgan fingerprint density at radius 2 is 1.31 bits per heavy atom. The van der Waals surface area contributed by atoms with Crippen molar-refractivity contribution < 1.29 is 14.4 Å². The van der Waals surface area contributed by atoms with Gasteiger partial charge in [0.25, 0.3) is 11.8 Å². The number of amides is 2. The minimum absolute atomic E-state index is 0.00120. The van der Waals surface area contributed by atoms with Crippen LogP contribution in [0.1, 0.15) is 47.8 Å². The maximum atomic E-state index is 11.6. The molecule has 2 aromatic rings. The van der Waals surface area contributed by atoms with E-state index < -0.39 is 0 Å². The predicted octanol–water partition coefficient (Wildman–Crippen LogP) is 3.00. The highest BCUT2D eigenvalue weighted by atomic mass is 16.2. The average molecular weight is 348 g/mol. The van der Waals surface area contributed by atoms with E-state index in [1.165, 1.54) is 0 Å². The Kier molecular flexibility index (Phi) is 4.71. The number of benzene rings is 2. The maximum Gasteiger partial charge on any atom is 0.254 e. The predicted molar refractivity (Wildman–Crippen MR) is 100.0 cm³/mol. The third kappa shape index (κ3) is 3.16. The second-order valence-electron chi connectivity index (χ2n) is 6.48. The molecule has 0 radical (unpaired) electrons. The lowest BCUT2D eigenvalue weighted by atomic mass is 10.1. The molecular weight excluding hydrogens is 328 g/mol. The molecular formula is C21H20N2O3. The number of aldehydes is 1. The molecule has 2 heterocycles. The Balaban J connectivity index is 0.000000151. The minimum Gasteiger partial charge on any atom is -0.337 e. The first-order valence-electron chi connectivity index (χ1n) is 8.29. The van der Waals surface area contributed by atoms with Crippen LogP contribution in [0.25, 0.3) is 6.08 Å². The number of fused-ring (bicyclic) bond motifs is 2. The zero-order valence-electron chi connectivity index (χ0n) is 14.9. The molecule has 0 saturated heterocycles. The summed E-state index contributed by atoms with van der Waals surface area (Å²) >= 11 is 0. The second kappa shape index (κ2) is 6.96. The van der Waals surface area contributed by atoms with E-state index in [0.717, 1.165) is 35.1 Å². The molecule has 132 valence electrons. The fraction of sp³-hybridized carbons (Fsp3) is 0.190. The van der Waals surface area contributed by atoms with Crippen LogP contribution < -0.4 is 0 Å². The summed E-state index contributed by atoms with van der Waals surface area (Å²) in [7, 11) is 3.57. The van der Waals surface area contributed by atoms with Crippen molar-refractivity contribution in [2.24, 2.45) is 0 Å². The fourth-order valence-corrected chi connectivity index (χ4v) is 3.13. The average Bonchev–Trinajstić information content (AvgIpc) is 3.11. The number of carbonyl (C=O) groups excluding carboxylic acids is 3. The van der Waals surface area contributed by atoms with Gasteiger partial charge in [0, 0.05) is 43.9 Å². The normalized spacial score (nSPS) is 14.5. The third-order valence-electron chi connectivity index (χ3n) is 4.61. The Bertz CT molecular complexity index is 842. The van der Waals surface area contributed by atoms with Crippen LogP contribution in [-0.4, -0.2) is 42.0 Å². The van der Waals surface area contributed by atoms with Crippen LogP contribution >= 0.6 is 0 Å². The summed E-state index contributed by atoms with van der Waals surface area (Å²) in [4.78, 5) is 36.9. The zero-order chi connectivity index (χ0) is 18.8. The summed E-state index contributed by atoms with van der Waals surface area (Å²) in [6.07, 6.45) is 2.51. The molecule has 0 aromatic heterocycles. The van der Waals surface area contributed by atoms with Gasteiger partial charge in [0.05, 0.1) is 0 Å². The van der Waals surface area contributed by atoms with Gasteiger partial charge in [-0.3, -0.25) is 14.4 Å². The Morgan fingerprint density at radius 1 is 0.846 bits per heavy atom. The number of rotatable bonds is 2. The molecule has 0 saturated carbocycles. The molecule has 26 heavy (non-hydrogen) atoms. The lowest BCUT2D eigenvalue weighted by Crippen LogP contribution is -2.17. The van der Waals surface area contributed by atoms with Gasteiger partial charge >= 0.3 is 0 Å². The highest BCUT2D eigenvalue weighted by Gasteiger charge is 2.24. The summed E-state index contributed by atoms with van der Waals surface area (Å²) in [6.45, 7) is 5.05. The molecule has 0 bridgehead atoms. The molecule has 0 atom stereocenters. The molecule has 2 aromatic carbocycles. The number of hydrogen-bond acceptors (Lipinski definition) is 3. The van der Waals surface area contributed by atoms with Gasteiger partial charge in [0.1, 0.15) is 6.29 Å². The smallest absolute Gasteiger partial charge is 0.254 e. The van der Waals surface area contributed by atoms with Crippen molar-refractivity contribution >= 4 is 24.2 Å². The number of nitrogens with zero attached hydrogens (tertiary/aromatic N) is 2. The summed E-state index contributed by atoms with van der Waals surface area (Å²) < 4.78 is 0. The van der Waals surface area contributed by atoms with E-state index in [1.807, 2.05) is 31.3 Å². The van der Waals surface area contributed by atoms with Gasteiger partial charge < -0.3 is 9.80 Å². The molecule has 2 aliphatic rings. The van der Waals surface area contributed by atoms with E-state index in [-0.39, 0.29) is 11.8 Å². The number of carbonyl (C=O) groups is 3. The van der Waals surface area contributed by atoms with Gasteiger partial charge in [-0.25, -0.2) is 0 Å². The van der Waals surface area contributed by atoms with Crippen molar-refractivity contribution in [2.45, 2.75) is 13.1 Å². The first-order valence-corrected chi connectivity index (χ1v) is 8.29. The first kappa shape index (κ1) is 17.6. The zero-order valence-corrected chi connectivity index (χ0v) is 14.9. The highest BCUT2D eigenvalue weighted by Crippen LogP contribution is 2.23. The van der Waals surface area contributed by atoms with Crippen LogP contribution in [0.15, 0.2) is 43.0 Å². The van der Waals surface area contributed by atoms with Crippen molar-refractivity contribution in [1.29, 1.82) is 0 Å². The standard InChI is InChI=1S/C11H11NO.C10H9NO2/c1-3-8-4-5-9-7-12(2)11(13)10(9)6-8;1-11-5-8-3-2-7(6-12)4-9(8)10(11)13/h3-6H,1,7H2,2H3;2-4,6H,5H2,1H3. The maximum absolute atomic E-state index is 11.6. The van der Waals surface area contributed by atoms with Crippen molar-refractivity contribution in [1.82, 2.24) is 9.80 Å². The van der Waals surface area contributed by atoms with E-state index in [9.17, 15) is 14.4 Å². The molecule has 2 amide bonds. The van der Waals surface area contributed by atoms with Crippen LogP contribution in [0.5, 0.6) is 0 Å². The molecule has 5 heteroatoms. The van der Waals surface area contributed by atoms with Crippen LogP contribution in [0.2, 0.25) is 0 Å². The number of hydrogen-bond donors (Lipinski definition) is 0. The monoisotopic (exact) mass is 348 g/mol. The highest BCUT2D eigenvalue weighted by molar-refractivity contribution is 5.99. The summed E-state index contributed by atoms with van der Waals surface area (Å²) in [5, 5.41) is 0. The third-order valence-corrected chi connectivity index (χ3v) is 4.61. The van der Waals surface area contributed by atoms with Gasteiger partial charge in [-0.05, 0) is 28.8 Å². The summed E-state index contributed by atoms with van der Waals surface area (Å²) in [5.41, 5.74) is 5.15. The van der Waals surface area contributed by atoms with E-state index in [0.29, 0.717) is 17.7 Å². The van der Waals surface area contributed by atoms with Crippen molar-refractivity contribution in [3.8, 4) is 0 Å². The van der Waals surface area contributed by atoms with Crippen molar-refractivity contribution in [3.05, 3.63) is 76.4 Å². The lowest BCUT2D eigenvalue weighted by molar-refractivity contribution is 0.0809. The van der Waals surface area contributed by atoms with Crippen LogP contribution in [0, 0.1) is 0 Å². The fourth-order valence-electron chi connectivity index (χ4n) is 3.13.